The van der Waals surface area contributed by atoms with Gasteiger partial charge in [0.05, 0.1) is 0 Å². The summed E-state index contributed by atoms with van der Waals surface area (Å²) in [5.41, 5.74) is 1.58. The maximum atomic E-state index is 12.0. The van der Waals surface area contributed by atoms with Gasteiger partial charge in [-0.25, -0.2) is 9.97 Å². The van der Waals surface area contributed by atoms with E-state index in [1.807, 2.05) is 6.92 Å². The summed E-state index contributed by atoms with van der Waals surface area (Å²) >= 11 is 0. The first-order valence-corrected chi connectivity index (χ1v) is 5.90. The summed E-state index contributed by atoms with van der Waals surface area (Å²) in [4.78, 5) is 8.19. The van der Waals surface area contributed by atoms with Crippen LogP contribution in [0.2, 0.25) is 0 Å². The van der Waals surface area contributed by atoms with E-state index in [1.165, 1.54) is 24.3 Å². The highest BCUT2D eigenvalue weighted by molar-refractivity contribution is 5.54. The maximum Gasteiger partial charge on any atom is 0.573 e. The fraction of sp³-hybridized carbons (Fsp3) is 0.231. The zero-order valence-electron chi connectivity index (χ0n) is 10.6. The third kappa shape index (κ3) is 4.11. The number of aryl methyl sites for hydroxylation is 1. The second-order valence-corrected chi connectivity index (χ2v) is 3.97. The summed E-state index contributed by atoms with van der Waals surface area (Å²) in [6, 6.07) is 5.35. The standard InChI is InChI=1S/C13H12F3N3O/c1-2-9-7-17-12(18-8-9)19-10-3-5-11(6-4-10)20-13(14,15)16/h3-8H,2H2,1H3,(H,17,18,19). The third-order valence-corrected chi connectivity index (χ3v) is 2.46. The van der Waals surface area contributed by atoms with E-state index in [-0.39, 0.29) is 5.75 Å². The van der Waals surface area contributed by atoms with Crippen LogP contribution < -0.4 is 10.1 Å². The predicted octanol–water partition coefficient (Wildman–Crippen LogP) is 3.68. The second-order valence-electron chi connectivity index (χ2n) is 3.97. The van der Waals surface area contributed by atoms with Gasteiger partial charge in [-0.05, 0) is 36.2 Å². The van der Waals surface area contributed by atoms with Crippen LogP contribution in [0.5, 0.6) is 5.75 Å². The molecule has 0 fully saturated rings. The number of benzene rings is 1. The van der Waals surface area contributed by atoms with Gasteiger partial charge in [0, 0.05) is 18.1 Å². The SMILES string of the molecule is CCc1cnc(Nc2ccc(OC(F)(F)F)cc2)nc1. The first-order chi connectivity index (χ1) is 9.46. The van der Waals surface area contributed by atoms with Crippen molar-refractivity contribution in [1.29, 1.82) is 0 Å². The maximum absolute atomic E-state index is 12.0. The molecule has 20 heavy (non-hydrogen) atoms. The van der Waals surface area contributed by atoms with E-state index in [2.05, 4.69) is 20.0 Å². The zero-order valence-corrected chi connectivity index (χ0v) is 10.6. The molecule has 1 heterocycles. The van der Waals surface area contributed by atoms with Gasteiger partial charge < -0.3 is 10.1 Å². The van der Waals surface area contributed by atoms with Crippen molar-refractivity contribution in [3.8, 4) is 5.75 Å². The quantitative estimate of drug-likeness (QED) is 0.929. The van der Waals surface area contributed by atoms with Crippen molar-refractivity contribution in [1.82, 2.24) is 9.97 Å². The van der Waals surface area contributed by atoms with E-state index in [0.29, 0.717) is 11.6 Å². The molecule has 0 saturated heterocycles. The number of alkyl halides is 3. The Bertz CT molecular complexity index is 553. The molecule has 0 aliphatic heterocycles. The lowest BCUT2D eigenvalue weighted by atomic mass is 10.3. The molecule has 0 amide bonds. The van der Waals surface area contributed by atoms with Crippen LogP contribution in [-0.2, 0) is 6.42 Å². The number of halogens is 3. The monoisotopic (exact) mass is 283 g/mol. The Kier molecular flexibility index (Phi) is 4.07. The molecule has 0 aliphatic carbocycles. The minimum atomic E-state index is -4.69. The Morgan fingerprint density at radius 2 is 1.70 bits per heavy atom. The van der Waals surface area contributed by atoms with Gasteiger partial charge in [-0.3, -0.25) is 0 Å². The topological polar surface area (TPSA) is 47.0 Å². The minimum Gasteiger partial charge on any atom is -0.406 e. The normalized spacial score (nSPS) is 11.2. The van der Waals surface area contributed by atoms with Crippen LogP contribution in [0.4, 0.5) is 24.8 Å². The Balaban J connectivity index is 2.02. The Morgan fingerprint density at radius 1 is 1.10 bits per heavy atom. The highest BCUT2D eigenvalue weighted by atomic mass is 19.4. The first-order valence-electron chi connectivity index (χ1n) is 5.90. The van der Waals surface area contributed by atoms with Gasteiger partial charge in [-0.15, -0.1) is 13.2 Å². The molecule has 0 aliphatic rings. The predicted molar refractivity (Wildman–Crippen MR) is 67.8 cm³/mol. The number of nitrogens with zero attached hydrogens (tertiary/aromatic N) is 2. The summed E-state index contributed by atoms with van der Waals surface area (Å²) in [5.74, 6) is 0.108. The molecule has 7 heteroatoms. The summed E-state index contributed by atoms with van der Waals surface area (Å²) in [6.45, 7) is 1.99. The fourth-order valence-electron chi connectivity index (χ4n) is 1.47. The third-order valence-electron chi connectivity index (χ3n) is 2.46. The van der Waals surface area contributed by atoms with E-state index in [0.717, 1.165) is 12.0 Å². The Labute approximate surface area is 113 Å². The van der Waals surface area contributed by atoms with E-state index in [4.69, 9.17) is 0 Å². The molecule has 0 bridgehead atoms. The Morgan fingerprint density at radius 3 is 2.20 bits per heavy atom. The van der Waals surface area contributed by atoms with Crippen molar-refractivity contribution in [3.63, 3.8) is 0 Å². The molecular formula is C13H12F3N3O. The molecule has 0 saturated carbocycles. The van der Waals surface area contributed by atoms with Crippen LogP contribution in [0.25, 0.3) is 0 Å². The Hall–Kier alpha value is -2.31. The molecule has 1 aromatic carbocycles. The van der Waals surface area contributed by atoms with Crippen LogP contribution in [-0.4, -0.2) is 16.3 Å². The van der Waals surface area contributed by atoms with Crippen molar-refractivity contribution in [3.05, 3.63) is 42.2 Å². The van der Waals surface area contributed by atoms with Gasteiger partial charge in [0.1, 0.15) is 5.75 Å². The number of aromatic nitrogens is 2. The molecule has 106 valence electrons. The molecule has 0 spiro atoms. The number of anilines is 2. The largest absolute Gasteiger partial charge is 0.573 e. The minimum absolute atomic E-state index is 0.273. The van der Waals surface area contributed by atoms with E-state index in [9.17, 15) is 13.2 Å². The molecule has 1 aromatic heterocycles. The number of hydrogen-bond acceptors (Lipinski definition) is 4. The average molecular weight is 283 g/mol. The van der Waals surface area contributed by atoms with Crippen LogP contribution in [0.3, 0.4) is 0 Å². The van der Waals surface area contributed by atoms with Crippen LogP contribution in [0.15, 0.2) is 36.7 Å². The van der Waals surface area contributed by atoms with Gasteiger partial charge in [-0.2, -0.15) is 0 Å². The summed E-state index contributed by atoms with van der Waals surface area (Å²) < 4.78 is 39.8. The lowest BCUT2D eigenvalue weighted by molar-refractivity contribution is -0.274. The summed E-state index contributed by atoms with van der Waals surface area (Å²) in [7, 11) is 0. The van der Waals surface area contributed by atoms with Crippen molar-refractivity contribution in [2.45, 2.75) is 19.7 Å². The highest BCUT2D eigenvalue weighted by Crippen LogP contribution is 2.24. The highest BCUT2D eigenvalue weighted by Gasteiger charge is 2.30. The molecule has 0 radical (unpaired) electrons. The van der Waals surface area contributed by atoms with Gasteiger partial charge in [0.15, 0.2) is 0 Å². The molecule has 1 N–H and O–H groups in total. The van der Waals surface area contributed by atoms with Gasteiger partial charge in [0.2, 0.25) is 5.95 Å². The van der Waals surface area contributed by atoms with Crippen LogP contribution >= 0.6 is 0 Å². The van der Waals surface area contributed by atoms with Crippen LogP contribution in [0.1, 0.15) is 12.5 Å². The number of nitrogens with one attached hydrogen (secondary N) is 1. The first kappa shape index (κ1) is 14.1. The number of ether oxygens (including phenoxy) is 1. The van der Waals surface area contributed by atoms with E-state index in [1.54, 1.807) is 12.4 Å². The lowest BCUT2D eigenvalue weighted by Crippen LogP contribution is -2.16. The van der Waals surface area contributed by atoms with Gasteiger partial charge in [-0.1, -0.05) is 6.92 Å². The van der Waals surface area contributed by atoms with Crippen LogP contribution in [0, 0.1) is 0 Å². The summed E-state index contributed by atoms with van der Waals surface area (Å²) in [6.07, 6.45) is -0.468. The van der Waals surface area contributed by atoms with E-state index < -0.39 is 6.36 Å². The van der Waals surface area contributed by atoms with Gasteiger partial charge >= 0.3 is 6.36 Å². The molecule has 4 nitrogen and oxygen atoms in total. The van der Waals surface area contributed by atoms with Crippen molar-refractivity contribution in [2.24, 2.45) is 0 Å². The number of hydrogen-bond donors (Lipinski definition) is 1. The average Bonchev–Trinajstić information content (AvgIpc) is 2.40. The van der Waals surface area contributed by atoms with Crippen molar-refractivity contribution >= 4 is 11.6 Å². The zero-order chi connectivity index (χ0) is 14.6. The number of rotatable bonds is 4. The molecule has 0 atom stereocenters. The summed E-state index contributed by atoms with van der Waals surface area (Å²) in [5, 5.41) is 2.89. The molecule has 2 rings (SSSR count). The smallest absolute Gasteiger partial charge is 0.406 e. The molecular weight excluding hydrogens is 271 g/mol. The van der Waals surface area contributed by atoms with Crippen molar-refractivity contribution in [2.75, 3.05) is 5.32 Å². The van der Waals surface area contributed by atoms with Crippen molar-refractivity contribution < 1.29 is 17.9 Å². The second kappa shape index (κ2) is 5.77. The van der Waals surface area contributed by atoms with E-state index >= 15 is 0 Å². The lowest BCUT2D eigenvalue weighted by Gasteiger charge is -2.09. The van der Waals surface area contributed by atoms with Gasteiger partial charge in [0.25, 0.3) is 0 Å². The molecule has 0 unspecified atom stereocenters. The fourth-order valence-corrected chi connectivity index (χ4v) is 1.47. The molecule has 2 aromatic rings.